The first-order chi connectivity index (χ1) is 13.4. The second kappa shape index (κ2) is 8.95. The molecule has 160 valence electrons. The van der Waals surface area contributed by atoms with Crippen LogP contribution < -0.4 is 4.72 Å². The van der Waals surface area contributed by atoms with Crippen LogP contribution in [0.5, 0.6) is 5.75 Å². The number of likely N-dealkylation sites (tertiary alicyclic amines) is 1. The van der Waals surface area contributed by atoms with Crippen molar-refractivity contribution in [3.63, 3.8) is 0 Å². The van der Waals surface area contributed by atoms with Crippen LogP contribution in [0.1, 0.15) is 18.4 Å². The van der Waals surface area contributed by atoms with Crippen LogP contribution in [-0.2, 0) is 16.2 Å². The minimum atomic E-state index is -4.80. The molecule has 1 aliphatic rings. The molecular weight excluding hydrogens is 419 g/mol. The molecule has 2 aromatic carbocycles. The fourth-order valence-corrected chi connectivity index (χ4v) is 3.63. The van der Waals surface area contributed by atoms with Crippen LogP contribution >= 0.6 is 0 Å². The summed E-state index contributed by atoms with van der Waals surface area (Å²) in [7, 11) is -2.19. The first-order valence-electron chi connectivity index (χ1n) is 8.47. The van der Waals surface area contributed by atoms with Crippen molar-refractivity contribution in [1.82, 2.24) is 4.90 Å². The average molecular weight is 438 g/mol. The summed E-state index contributed by atoms with van der Waals surface area (Å²) in [5.41, 5.74) is -1.71. The van der Waals surface area contributed by atoms with Gasteiger partial charge in [-0.15, -0.1) is 0 Å². The molecule has 0 atom stereocenters. The highest BCUT2D eigenvalue weighted by Gasteiger charge is 2.34. The number of benzene rings is 2. The molecule has 0 saturated carbocycles. The molecule has 2 aromatic rings. The van der Waals surface area contributed by atoms with Gasteiger partial charge < -0.3 is 10.0 Å². The van der Waals surface area contributed by atoms with E-state index in [4.69, 9.17) is 0 Å². The van der Waals surface area contributed by atoms with Crippen LogP contribution in [0.15, 0.2) is 41.3 Å². The number of phenols is 1. The molecule has 1 aliphatic heterocycles. The van der Waals surface area contributed by atoms with Crippen molar-refractivity contribution in [3.05, 3.63) is 53.6 Å². The van der Waals surface area contributed by atoms with Crippen molar-refractivity contribution in [2.45, 2.75) is 23.9 Å². The summed E-state index contributed by atoms with van der Waals surface area (Å²) >= 11 is 0. The van der Waals surface area contributed by atoms with Gasteiger partial charge in [0.25, 0.3) is 10.0 Å². The van der Waals surface area contributed by atoms with Crippen molar-refractivity contribution in [1.29, 1.82) is 0 Å². The zero-order valence-corrected chi connectivity index (χ0v) is 16.1. The van der Waals surface area contributed by atoms with E-state index < -0.39 is 44.0 Å². The lowest BCUT2D eigenvalue weighted by Crippen LogP contribution is -2.14. The highest BCUT2D eigenvalue weighted by Crippen LogP contribution is 2.37. The molecule has 0 spiro atoms. The van der Waals surface area contributed by atoms with Crippen LogP contribution in [-0.4, -0.2) is 38.6 Å². The van der Waals surface area contributed by atoms with E-state index in [1.54, 1.807) is 0 Å². The lowest BCUT2D eigenvalue weighted by atomic mass is 10.2. The normalized spacial score (nSPS) is 15.0. The highest BCUT2D eigenvalue weighted by atomic mass is 32.2. The molecule has 0 aromatic heterocycles. The van der Waals surface area contributed by atoms with E-state index in [1.165, 1.54) is 25.9 Å². The summed E-state index contributed by atoms with van der Waals surface area (Å²) in [6.45, 7) is 2.64. The van der Waals surface area contributed by atoms with E-state index in [0.717, 1.165) is 12.1 Å². The molecule has 1 saturated heterocycles. The second-order valence-electron chi connectivity index (χ2n) is 6.42. The Kier molecular flexibility index (Phi) is 7.06. The number of aromatic hydroxyl groups is 1. The number of rotatable bonds is 3. The molecule has 1 heterocycles. The summed E-state index contributed by atoms with van der Waals surface area (Å²) < 4.78 is 89.1. The van der Waals surface area contributed by atoms with Crippen LogP contribution in [0.25, 0.3) is 0 Å². The van der Waals surface area contributed by atoms with Gasteiger partial charge in [0.2, 0.25) is 0 Å². The fourth-order valence-electron chi connectivity index (χ4n) is 2.57. The summed E-state index contributed by atoms with van der Waals surface area (Å²) in [5.74, 6) is -3.83. The predicted molar refractivity (Wildman–Crippen MR) is 97.0 cm³/mol. The van der Waals surface area contributed by atoms with Crippen LogP contribution in [0.2, 0.25) is 0 Å². The number of hydrogen-bond donors (Lipinski definition) is 2. The van der Waals surface area contributed by atoms with E-state index in [-0.39, 0.29) is 5.69 Å². The monoisotopic (exact) mass is 438 g/mol. The first kappa shape index (κ1) is 22.9. The molecular formula is C18H19F5N2O3S. The third-order valence-corrected chi connectivity index (χ3v) is 5.47. The molecule has 0 radical (unpaired) electrons. The smallest absolute Gasteiger partial charge is 0.419 e. The molecule has 5 nitrogen and oxygen atoms in total. The van der Waals surface area contributed by atoms with Gasteiger partial charge in [0.05, 0.1) is 16.1 Å². The zero-order chi connectivity index (χ0) is 21.8. The molecule has 2 N–H and O–H groups in total. The lowest BCUT2D eigenvalue weighted by Gasteiger charge is -2.12. The molecule has 0 unspecified atom stereocenters. The molecule has 11 heteroatoms. The van der Waals surface area contributed by atoms with Crippen LogP contribution in [0.3, 0.4) is 0 Å². The minimum Gasteiger partial charge on any atom is -0.507 e. The van der Waals surface area contributed by atoms with Crippen LogP contribution in [0.4, 0.5) is 27.6 Å². The number of alkyl halides is 3. The van der Waals surface area contributed by atoms with Crippen molar-refractivity contribution in [2.75, 3.05) is 24.9 Å². The average Bonchev–Trinajstić information content (AvgIpc) is 3.07. The number of halogens is 5. The van der Waals surface area contributed by atoms with Crippen molar-refractivity contribution >= 4 is 15.7 Å². The number of nitrogens with one attached hydrogen (secondary N) is 1. The molecule has 0 aliphatic carbocycles. The van der Waals surface area contributed by atoms with Gasteiger partial charge in [0, 0.05) is 6.07 Å². The Labute approximate surface area is 164 Å². The standard InChI is InChI=1S/C13H8F5NO3S.C5H11N/c14-10-4-2-8(6-11(10)15)23(21,22)19-7-1-3-9(12(20)5-7)13(16,17)18;1-6-4-2-3-5-6/h1-6,19-20H;2-5H2,1H3. The maximum Gasteiger partial charge on any atom is 0.419 e. The highest BCUT2D eigenvalue weighted by molar-refractivity contribution is 7.92. The lowest BCUT2D eigenvalue weighted by molar-refractivity contribution is -0.138. The van der Waals surface area contributed by atoms with Gasteiger partial charge in [-0.1, -0.05) is 0 Å². The number of phenolic OH excluding ortho intramolecular Hbond substituents is 1. The van der Waals surface area contributed by atoms with E-state index >= 15 is 0 Å². The molecule has 0 amide bonds. The zero-order valence-electron chi connectivity index (χ0n) is 15.3. The predicted octanol–water partition coefficient (Wildman–Crippen LogP) is 4.20. The number of nitrogens with zero attached hydrogens (tertiary/aromatic N) is 1. The Balaban J connectivity index is 0.000000426. The number of hydrogen-bond acceptors (Lipinski definition) is 4. The summed E-state index contributed by atoms with van der Waals surface area (Å²) in [6, 6.07) is 3.61. The summed E-state index contributed by atoms with van der Waals surface area (Å²) in [4.78, 5) is 1.73. The number of anilines is 1. The topological polar surface area (TPSA) is 69.6 Å². The Morgan fingerprint density at radius 1 is 1.00 bits per heavy atom. The molecule has 0 bridgehead atoms. The summed E-state index contributed by atoms with van der Waals surface area (Å²) in [5, 5.41) is 9.31. The Morgan fingerprint density at radius 2 is 1.62 bits per heavy atom. The van der Waals surface area contributed by atoms with Crippen molar-refractivity contribution < 1.29 is 35.5 Å². The van der Waals surface area contributed by atoms with Crippen LogP contribution in [0, 0.1) is 11.6 Å². The van der Waals surface area contributed by atoms with Gasteiger partial charge in [-0.3, -0.25) is 4.72 Å². The van der Waals surface area contributed by atoms with Crippen molar-refractivity contribution in [3.8, 4) is 5.75 Å². The van der Waals surface area contributed by atoms with Crippen molar-refractivity contribution in [2.24, 2.45) is 0 Å². The van der Waals surface area contributed by atoms with Gasteiger partial charge in [-0.25, -0.2) is 17.2 Å². The second-order valence-corrected chi connectivity index (χ2v) is 8.10. The van der Waals surface area contributed by atoms with Gasteiger partial charge >= 0.3 is 6.18 Å². The third kappa shape index (κ3) is 6.29. The Hall–Kier alpha value is -2.40. The van der Waals surface area contributed by atoms with Gasteiger partial charge in [-0.05, 0) is 63.3 Å². The van der Waals surface area contributed by atoms with E-state index in [2.05, 4.69) is 11.9 Å². The first-order valence-corrected chi connectivity index (χ1v) is 9.95. The largest absolute Gasteiger partial charge is 0.507 e. The maximum absolute atomic E-state index is 13.1. The summed E-state index contributed by atoms with van der Waals surface area (Å²) in [6.07, 6.45) is -1.98. The molecule has 3 rings (SSSR count). The minimum absolute atomic E-state index is 0.375. The molecule has 29 heavy (non-hydrogen) atoms. The quantitative estimate of drug-likeness (QED) is 0.705. The molecule has 1 fully saturated rings. The van der Waals surface area contributed by atoms with Gasteiger partial charge in [0.15, 0.2) is 11.6 Å². The Morgan fingerprint density at radius 3 is 2.07 bits per heavy atom. The number of sulfonamides is 1. The fraction of sp³-hybridized carbons (Fsp3) is 0.333. The van der Waals surface area contributed by atoms with E-state index in [0.29, 0.717) is 24.3 Å². The maximum atomic E-state index is 13.1. The van der Waals surface area contributed by atoms with E-state index in [9.17, 15) is 35.5 Å². The van der Waals surface area contributed by atoms with Gasteiger partial charge in [-0.2, -0.15) is 13.2 Å². The Bertz CT molecular complexity index is 958. The third-order valence-electron chi connectivity index (χ3n) is 4.09. The SMILES string of the molecule is CN1CCCC1.O=S(=O)(Nc1ccc(C(F)(F)F)c(O)c1)c1ccc(F)c(F)c1. The van der Waals surface area contributed by atoms with Gasteiger partial charge in [0.1, 0.15) is 5.75 Å². The van der Waals surface area contributed by atoms with E-state index in [1.807, 2.05) is 4.72 Å².